The largest absolute Gasteiger partial charge is 0.384 e. The highest BCUT2D eigenvalue weighted by Crippen LogP contribution is 2.40. The van der Waals surface area contributed by atoms with Crippen molar-refractivity contribution in [3.63, 3.8) is 0 Å². The first-order valence-electron chi connectivity index (χ1n) is 7.13. The van der Waals surface area contributed by atoms with Crippen molar-refractivity contribution in [2.45, 2.75) is 0 Å². The van der Waals surface area contributed by atoms with Gasteiger partial charge in [-0.3, -0.25) is 0 Å². The van der Waals surface area contributed by atoms with Gasteiger partial charge in [0.25, 0.3) is 0 Å². The van der Waals surface area contributed by atoms with Crippen molar-refractivity contribution in [1.29, 1.82) is 0 Å². The Kier molecular flexibility index (Phi) is 2.36. The molecule has 0 spiro atoms. The third-order valence-electron chi connectivity index (χ3n) is 3.62. The van der Waals surface area contributed by atoms with E-state index < -0.39 is 0 Å². The Morgan fingerprint density at radius 3 is 2.62 bits per heavy atom. The lowest BCUT2D eigenvalue weighted by Crippen LogP contribution is -1.98. The maximum Gasteiger partial charge on any atom is 0.158 e. The predicted octanol–water partition coefficient (Wildman–Crippen LogP) is 4.28. The Morgan fingerprint density at radius 1 is 0.905 bits per heavy atom. The van der Waals surface area contributed by atoms with Crippen LogP contribution in [-0.2, 0) is 0 Å². The van der Waals surface area contributed by atoms with Crippen LogP contribution in [0.1, 0.15) is 0 Å². The number of nitrogen functional groups attached to an aromatic ring is 2. The summed E-state index contributed by atoms with van der Waals surface area (Å²) < 4.78 is 9.63. The molecule has 0 unspecified atom stereocenters. The summed E-state index contributed by atoms with van der Waals surface area (Å²) in [5.74, 6) is 0.881. The average Bonchev–Trinajstić information content (AvgIpc) is 2.93. The van der Waals surface area contributed by atoms with Crippen molar-refractivity contribution >= 4 is 43.1 Å². The molecule has 0 atom stereocenters. The molecule has 0 bridgehead atoms. The minimum absolute atomic E-state index is 0.433. The molecular formula is C17H13N3S. The Labute approximate surface area is 127 Å². The van der Waals surface area contributed by atoms with Gasteiger partial charge in [-0.2, -0.15) is 0 Å². The molecule has 21 heavy (non-hydrogen) atoms. The first-order chi connectivity index (χ1) is 10.8. The number of fused-ring (bicyclic) bond motifs is 3. The van der Waals surface area contributed by atoms with Crippen molar-refractivity contribution in [3.8, 4) is 11.1 Å². The van der Waals surface area contributed by atoms with Crippen LogP contribution >= 0.6 is 11.3 Å². The number of thiophene rings is 1. The molecule has 4 heteroatoms. The molecule has 2 aromatic carbocycles. The lowest BCUT2D eigenvalue weighted by atomic mass is 10.0. The zero-order valence-corrected chi connectivity index (χ0v) is 11.9. The predicted molar refractivity (Wildman–Crippen MR) is 91.4 cm³/mol. The molecule has 0 amide bonds. The average molecular weight is 292 g/mol. The molecule has 2 aromatic heterocycles. The van der Waals surface area contributed by atoms with Gasteiger partial charge < -0.3 is 11.5 Å². The van der Waals surface area contributed by atoms with E-state index in [1.165, 1.54) is 20.2 Å². The van der Waals surface area contributed by atoms with Crippen molar-refractivity contribution < 1.29 is 1.41 Å². The topological polar surface area (TPSA) is 64.9 Å². The summed E-state index contributed by atoms with van der Waals surface area (Å²) in [6.45, 7) is 0. The van der Waals surface area contributed by atoms with Crippen molar-refractivity contribution in [3.05, 3.63) is 54.6 Å². The van der Waals surface area contributed by atoms with Crippen molar-refractivity contribution in [2.24, 2.45) is 0 Å². The fourth-order valence-corrected chi connectivity index (χ4v) is 3.89. The maximum absolute atomic E-state index is 7.15. The van der Waals surface area contributed by atoms with E-state index in [-0.39, 0.29) is 0 Å². The summed E-state index contributed by atoms with van der Waals surface area (Å²) in [6.07, 6.45) is 0. The van der Waals surface area contributed by atoms with Gasteiger partial charge in [0.15, 0.2) is 1.41 Å². The van der Waals surface area contributed by atoms with Crippen molar-refractivity contribution in [2.75, 3.05) is 11.5 Å². The second-order valence-corrected chi connectivity index (χ2v) is 5.96. The van der Waals surface area contributed by atoms with Crippen LogP contribution in [0, 0.1) is 0 Å². The Bertz CT molecular complexity index is 994. The molecular weight excluding hydrogens is 278 g/mol. The summed E-state index contributed by atoms with van der Waals surface area (Å²) in [5.41, 5.74) is 10.3. The quantitative estimate of drug-likeness (QED) is 0.579. The summed E-state index contributed by atoms with van der Waals surface area (Å²) in [7, 11) is 0. The number of nitrogens with zero attached hydrogens (tertiary/aromatic N) is 1. The smallest absolute Gasteiger partial charge is 0.158 e. The van der Waals surface area contributed by atoms with Crippen LogP contribution in [0.4, 0.5) is 11.6 Å². The summed E-state index contributed by atoms with van der Waals surface area (Å²) in [6, 6.07) is 18.3. The Balaban J connectivity index is 2.03. The van der Waals surface area contributed by atoms with Crippen LogP contribution in [0.3, 0.4) is 0 Å². The molecule has 4 aromatic rings. The summed E-state index contributed by atoms with van der Waals surface area (Å²) in [5, 5.41) is 2.50. The molecule has 2 heterocycles. The van der Waals surface area contributed by atoms with E-state index >= 15 is 0 Å². The fraction of sp³-hybridized carbons (Fsp3) is 0. The number of benzene rings is 2. The van der Waals surface area contributed by atoms with Crippen LogP contribution in [0.25, 0.3) is 31.3 Å². The monoisotopic (exact) mass is 292 g/mol. The standard InChI is InChI=1S/C17H13N3S/c18-15-9-8-13(17(19)20-15)12-6-3-5-11-10-4-1-2-7-14(10)21-16(11)12/h1-9H,(H4,18,19,20)/i/hD. The van der Waals surface area contributed by atoms with Gasteiger partial charge in [0.1, 0.15) is 11.6 Å². The van der Waals surface area contributed by atoms with Gasteiger partial charge in [-0.25, -0.2) is 4.98 Å². The van der Waals surface area contributed by atoms with Gasteiger partial charge in [-0.05, 0) is 18.2 Å². The number of hydrogen-bond donors (Lipinski definition) is 2. The van der Waals surface area contributed by atoms with Crippen LogP contribution in [0.15, 0.2) is 54.6 Å². The molecule has 0 saturated heterocycles. The van der Waals surface area contributed by atoms with E-state index in [1.807, 2.05) is 12.1 Å². The molecule has 0 saturated carbocycles. The van der Waals surface area contributed by atoms with Crippen LogP contribution in [0.2, 0.25) is 1.41 Å². The van der Waals surface area contributed by atoms with Crippen molar-refractivity contribution in [1.82, 2.24) is 4.98 Å². The summed E-state index contributed by atoms with van der Waals surface area (Å²) in [4.78, 5) is 4.21. The Morgan fingerprint density at radius 2 is 1.76 bits per heavy atom. The van der Waals surface area contributed by atoms with Gasteiger partial charge in [0, 0.05) is 31.3 Å². The molecule has 102 valence electrons. The molecule has 3 nitrogen and oxygen atoms in total. The van der Waals surface area contributed by atoms with E-state index in [1.54, 1.807) is 17.4 Å². The van der Waals surface area contributed by atoms with Gasteiger partial charge in [0.2, 0.25) is 0 Å². The molecule has 0 aliphatic rings. The highest BCUT2D eigenvalue weighted by molar-refractivity contribution is 7.26. The zero-order chi connectivity index (χ0) is 15.1. The number of anilines is 2. The molecule has 0 radical (unpaired) electrons. The lowest BCUT2D eigenvalue weighted by molar-refractivity contribution is 1.35. The van der Waals surface area contributed by atoms with Gasteiger partial charge in [-0.1, -0.05) is 36.4 Å². The summed E-state index contributed by atoms with van der Waals surface area (Å²) >= 11 is 1.77. The van der Waals surface area contributed by atoms with Crippen LogP contribution in [-0.4, -0.2) is 4.98 Å². The fourth-order valence-electron chi connectivity index (χ4n) is 2.66. The number of pyridine rings is 1. The van der Waals surface area contributed by atoms with E-state index in [0.29, 0.717) is 11.6 Å². The van der Waals surface area contributed by atoms with E-state index in [0.717, 1.165) is 11.1 Å². The lowest BCUT2D eigenvalue weighted by Gasteiger charge is -2.07. The van der Waals surface area contributed by atoms with E-state index in [2.05, 4.69) is 47.1 Å². The molecule has 4 rings (SSSR count). The van der Waals surface area contributed by atoms with E-state index in [9.17, 15) is 0 Å². The molecule has 0 aliphatic carbocycles. The maximum atomic E-state index is 7.15. The molecule has 0 aliphatic heterocycles. The number of nitrogens with two attached hydrogens (primary N) is 2. The minimum Gasteiger partial charge on any atom is -0.384 e. The van der Waals surface area contributed by atoms with Gasteiger partial charge in [-0.15, -0.1) is 11.3 Å². The first-order valence-corrected chi connectivity index (χ1v) is 7.44. The number of hydrogen-bond acceptors (Lipinski definition) is 4. The van der Waals surface area contributed by atoms with E-state index in [4.69, 9.17) is 7.15 Å². The van der Waals surface area contributed by atoms with Crippen LogP contribution < -0.4 is 11.5 Å². The number of rotatable bonds is 2. The second-order valence-electron chi connectivity index (χ2n) is 4.91. The number of aromatic nitrogens is 1. The first kappa shape index (κ1) is 11.1. The molecule has 4 N–H and O–H groups in total. The highest BCUT2D eigenvalue weighted by atomic mass is 32.1. The highest BCUT2D eigenvalue weighted by Gasteiger charge is 2.12. The van der Waals surface area contributed by atoms with Crippen LogP contribution in [0.5, 0.6) is 0 Å². The zero-order valence-electron chi connectivity index (χ0n) is 12.1. The Hall–Kier alpha value is -2.59. The SMILES string of the molecule is [2H]Nc1ccc(-c2cccc3c2sc2ccccc23)c(N)n1. The van der Waals surface area contributed by atoms with Gasteiger partial charge >= 0.3 is 0 Å². The minimum atomic E-state index is 0.433. The second kappa shape index (κ2) is 4.46. The molecule has 0 fully saturated rings. The third-order valence-corrected chi connectivity index (χ3v) is 4.84. The normalized spacial score (nSPS) is 11.7. The third kappa shape index (κ3) is 1.84. The van der Waals surface area contributed by atoms with Gasteiger partial charge in [0.05, 0.1) is 0 Å².